The highest BCUT2D eigenvalue weighted by Gasteiger charge is 2.10. The van der Waals surface area contributed by atoms with Crippen LogP contribution < -0.4 is 14.8 Å². The summed E-state index contributed by atoms with van der Waals surface area (Å²) in [6.45, 7) is 3.94. The van der Waals surface area contributed by atoms with Crippen molar-refractivity contribution in [2.45, 2.75) is 58.4 Å². The van der Waals surface area contributed by atoms with Gasteiger partial charge in [0.05, 0.1) is 31.7 Å². The van der Waals surface area contributed by atoms with Crippen LogP contribution in [0.15, 0.2) is 42.5 Å². The minimum Gasteiger partial charge on any atom is -0.493 e. The van der Waals surface area contributed by atoms with Crippen LogP contribution in [0.2, 0.25) is 0 Å². The maximum absolute atomic E-state index is 12.3. The molecule has 3 aromatic rings. The van der Waals surface area contributed by atoms with Crippen molar-refractivity contribution < 1.29 is 14.3 Å². The van der Waals surface area contributed by atoms with E-state index >= 15 is 0 Å². The summed E-state index contributed by atoms with van der Waals surface area (Å²) in [4.78, 5) is 17.1. The Morgan fingerprint density at radius 2 is 1.81 bits per heavy atom. The van der Waals surface area contributed by atoms with E-state index in [4.69, 9.17) is 14.5 Å². The number of ether oxygens (including phenoxy) is 2. The number of imidazole rings is 1. The van der Waals surface area contributed by atoms with Gasteiger partial charge in [-0.3, -0.25) is 4.79 Å². The summed E-state index contributed by atoms with van der Waals surface area (Å²) in [7, 11) is 3.20. The summed E-state index contributed by atoms with van der Waals surface area (Å²) in [6, 6.07) is 14.0. The summed E-state index contributed by atoms with van der Waals surface area (Å²) in [5.74, 6) is 2.51. The Morgan fingerprint density at radius 3 is 2.59 bits per heavy atom. The number of carbonyl (C=O) groups excluding carboxylic acids is 1. The van der Waals surface area contributed by atoms with E-state index in [9.17, 15) is 4.79 Å². The molecule has 0 saturated heterocycles. The van der Waals surface area contributed by atoms with Crippen LogP contribution in [0.5, 0.6) is 11.5 Å². The summed E-state index contributed by atoms with van der Waals surface area (Å²) >= 11 is 0. The zero-order chi connectivity index (χ0) is 22.8. The monoisotopic (exact) mass is 437 g/mol. The third-order valence-electron chi connectivity index (χ3n) is 5.68. The first-order valence-electron chi connectivity index (χ1n) is 11.6. The predicted octanol–water partition coefficient (Wildman–Crippen LogP) is 4.93. The fourth-order valence-electron chi connectivity index (χ4n) is 3.93. The number of benzene rings is 2. The van der Waals surface area contributed by atoms with Crippen molar-refractivity contribution >= 4 is 16.9 Å². The topological polar surface area (TPSA) is 65.4 Å². The van der Waals surface area contributed by atoms with Gasteiger partial charge in [0, 0.05) is 19.5 Å². The largest absolute Gasteiger partial charge is 0.493 e. The molecule has 1 N–H and O–H groups in total. The Hall–Kier alpha value is -3.02. The van der Waals surface area contributed by atoms with Crippen LogP contribution in [0.25, 0.3) is 11.0 Å². The van der Waals surface area contributed by atoms with Crippen LogP contribution in [-0.2, 0) is 24.2 Å². The lowest BCUT2D eigenvalue weighted by atomic mass is 10.1. The first-order chi connectivity index (χ1) is 15.7. The Morgan fingerprint density at radius 1 is 1.00 bits per heavy atom. The molecule has 0 bridgehead atoms. The molecule has 172 valence electrons. The van der Waals surface area contributed by atoms with E-state index in [0.29, 0.717) is 24.5 Å². The molecule has 6 heteroatoms. The molecule has 1 amide bonds. The molecule has 1 aromatic heterocycles. The number of fused-ring (bicyclic) bond motifs is 1. The normalized spacial score (nSPS) is 11.0. The Kier molecular flexibility index (Phi) is 8.96. The number of hydrogen-bond acceptors (Lipinski definition) is 4. The molecular formula is C26H35N3O3. The molecule has 0 aliphatic carbocycles. The van der Waals surface area contributed by atoms with Gasteiger partial charge in [-0.05, 0) is 49.1 Å². The van der Waals surface area contributed by atoms with E-state index in [0.717, 1.165) is 43.3 Å². The van der Waals surface area contributed by atoms with Crippen molar-refractivity contribution in [2.24, 2.45) is 0 Å². The van der Waals surface area contributed by atoms with E-state index in [2.05, 4.69) is 35.0 Å². The number of hydrogen-bond donors (Lipinski definition) is 1. The molecular weight excluding hydrogens is 402 g/mol. The number of aromatic nitrogens is 2. The van der Waals surface area contributed by atoms with Crippen LogP contribution in [0, 0.1) is 0 Å². The molecule has 0 atom stereocenters. The number of amides is 1. The van der Waals surface area contributed by atoms with Crippen molar-refractivity contribution in [3.05, 3.63) is 53.9 Å². The van der Waals surface area contributed by atoms with Gasteiger partial charge in [0.25, 0.3) is 0 Å². The highest BCUT2D eigenvalue weighted by atomic mass is 16.5. The van der Waals surface area contributed by atoms with Gasteiger partial charge >= 0.3 is 0 Å². The average molecular weight is 438 g/mol. The number of rotatable bonds is 13. The first kappa shape index (κ1) is 23.6. The van der Waals surface area contributed by atoms with Gasteiger partial charge < -0.3 is 19.4 Å². The van der Waals surface area contributed by atoms with E-state index in [1.165, 1.54) is 24.2 Å². The van der Waals surface area contributed by atoms with Crippen molar-refractivity contribution in [1.29, 1.82) is 0 Å². The Balaban J connectivity index is 1.41. The van der Waals surface area contributed by atoms with Crippen LogP contribution in [0.1, 0.15) is 50.4 Å². The zero-order valence-electron chi connectivity index (χ0n) is 19.5. The number of para-hydroxylation sites is 2. The van der Waals surface area contributed by atoms with Gasteiger partial charge in [0.1, 0.15) is 5.82 Å². The molecule has 1 heterocycles. The predicted molar refractivity (Wildman–Crippen MR) is 128 cm³/mol. The number of methoxy groups -OCH3 is 2. The van der Waals surface area contributed by atoms with Gasteiger partial charge in [-0.1, -0.05) is 38.0 Å². The molecule has 0 saturated carbocycles. The number of nitrogens with zero attached hydrogens (tertiary/aromatic N) is 2. The van der Waals surface area contributed by atoms with Gasteiger partial charge in [0.15, 0.2) is 11.5 Å². The summed E-state index contributed by atoms with van der Waals surface area (Å²) in [6.07, 6.45) is 6.75. The summed E-state index contributed by atoms with van der Waals surface area (Å²) < 4.78 is 12.9. The number of nitrogens with one attached hydrogen (secondary N) is 1. The standard InChI is InChI=1S/C26H35N3O3/c1-4-5-17-29-22-12-9-8-11-21(22)28-25(29)13-7-6-10-16-27-26(30)19-20-14-15-23(31-2)24(18-20)32-3/h8-9,11-12,14-15,18H,4-7,10,13,16-17,19H2,1-3H3,(H,27,30). The minimum absolute atomic E-state index is 0.0265. The maximum Gasteiger partial charge on any atom is 0.224 e. The Bertz CT molecular complexity index is 1010. The third kappa shape index (κ3) is 6.25. The molecule has 32 heavy (non-hydrogen) atoms. The SMILES string of the molecule is CCCCn1c(CCCCCNC(=O)Cc2ccc(OC)c(OC)c2)nc2ccccc21. The van der Waals surface area contributed by atoms with E-state index < -0.39 is 0 Å². The molecule has 0 aliphatic heterocycles. The average Bonchev–Trinajstić information content (AvgIpc) is 3.17. The quantitative estimate of drug-likeness (QED) is 0.385. The molecule has 0 fully saturated rings. The van der Waals surface area contributed by atoms with Gasteiger partial charge in [-0.2, -0.15) is 0 Å². The van der Waals surface area contributed by atoms with Crippen molar-refractivity contribution in [3.63, 3.8) is 0 Å². The molecule has 6 nitrogen and oxygen atoms in total. The molecule has 0 aliphatic rings. The second kappa shape index (κ2) is 12.1. The van der Waals surface area contributed by atoms with E-state index in [1.807, 2.05) is 24.3 Å². The second-order valence-electron chi connectivity index (χ2n) is 8.05. The summed E-state index contributed by atoms with van der Waals surface area (Å²) in [5.41, 5.74) is 3.23. The van der Waals surface area contributed by atoms with Crippen molar-refractivity contribution in [2.75, 3.05) is 20.8 Å². The summed E-state index contributed by atoms with van der Waals surface area (Å²) in [5, 5.41) is 3.02. The van der Waals surface area contributed by atoms with Crippen molar-refractivity contribution in [3.8, 4) is 11.5 Å². The second-order valence-corrected chi connectivity index (χ2v) is 8.05. The zero-order valence-corrected chi connectivity index (χ0v) is 19.5. The minimum atomic E-state index is 0.0265. The first-order valence-corrected chi connectivity index (χ1v) is 11.6. The molecule has 0 radical (unpaired) electrons. The molecule has 0 unspecified atom stereocenters. The van der Waals surface area contributed by atoms with Crippen LogP contribution in [-0.4, -0.2) is 36.2 Å². The number of carbonyl (C=O) groups is 1. The highest BCUT2D eigenvalue weighted by Crippen LogP contribution is 2.27. The number of aryl methyl sites for hydroxylation is 2. The van der Waals surface area contributed by atoms with Crippen molar-refractivity contribution in [1.82, 2.24) is 14.9 Å². The van der Waals surface area contributed by atoms with Gasteiger partial charge in [0.2, 0.25) is 5.91 Å². The fraction of sp³-hybridized carbons (Fsp3) is 0.462. The van der Waals surface area contributed by atoms with Crippen LogP contribution >= 0.6 is 0 Å². The van der Waals surface area contributed by atoms with Crippen LogP contribution in [0.4, 0.5) is 0 Å². The van der Waals surface area contributed by atoms with E-state index in [1.54, 1.807) is 14.2 Å². The highest BCUT2D eigenvalue weighted by molar-refractivity contribution is 5.78. The lowest BCUT2D eigenvalue weighted by molar-refractivity contribution is -0.120. The van der Waals surface area contributed by atoms with E-state index in [-0.39, 0.29) is 5.91 Å². The van der Waals surface area contributed by atoms with Gasteiger partial charge in [-0.25, -0.2) is 4.98 Å². The third-order valence-corrected chi connectivity index (χ3v) is 5.68. The fourth-order valence-corrected chi connectivity index (χ4v) is 3.93. The molecule has 2 aromatic carbocycles. The molecule has 3 rings (SSSR count). The lowest BCUT2D eigenvalue weighted by Gasteiger charge is -2.10. The smallest absolute Gasteiger partial charge is 0.224 e. The lowest BCUT2D eigenvalue weighted by Crippen LogP contribution is -2.26. The van der Waals surface area contributed by atoms with Crippen LogP contribution in [0.3, 0.4) is 0 Å². The maximum atomic E-state index is 12.3. The molecule has 0 spiro atoms. The van der Waals surface area contributed by atoms with Gasteiger partial charge in [-0.15, -0.1) is 0 Å². The number of unbranched alkanes of at least 4 members (excludes halogenated alkanes) is 3. The Labute approximate surface area is 190 Å².